The van der Waals surface area contributed by atoms with Gasteiger partial charge in [-0.25, -0.2) is 0 Å². The highest BCUT2D eigenvalue weighted by Gasteiger charge is 2.53. The van der Waals surface area contributed by atoms with Gasteiger partial charge in [0.25, 0.3) is 0 Å². The first-order valence-corrected chi connectivity index (χ1v) is 7.15. The summed E-state index contributed by atoms with van der Waals surface area (Å²) in [7, 11) is 0. The summed E-state index contributed by atoms with van der Waals surface area (Å²) in [5.41, 5.74) is 5.16. The van der Waals surface area contributed by atoms with Crippen LogP contribution in [0, 0.1) is 17.8 Å². The zero-order valence-electron chi connectivity index (χ0n) is 11.6. The number of carbonyl (C=O) groups is 1. The minimum absolute atomic E-state index is 0.163. The van der Waals surface area contributed by atoms with Crippen LogP contribution in [0.5, 0.6) is 0 Å². The second-order valence-electron chi connectivity index (χ2n) is 6.56. The van der Waals surface area contributed by atoms with E-state index in [0.717, 1.165) is 19.3 Å². The topological polar surface area (TPSA) is 66.6 Å². The van der Waals surface area contributed by atoms with Crippen molar-refractivity contribution in [3.63, 3.8) is 0 Å². The Morgan fingerprint density at radius 3 is 2.50 bits per heavy atom. The predicted molar refractivity (Wildman–Crippen MR) is 70.9 cm³/mol. The first-order valence-electron chi connectivity index (χ1n) is 7.15. The Bertz CT molecular complexity index is 307. The highest BCUT2D eigenvalue weighted by Crippen LogP contribution is 2.44. The Morgan fingerprint density at radius 2 is 2.06 bits per heavy atom. The van der Waals surface area contributed by atoms with Gasteiger partial charge in [-0.2, -0.15) is 0 Å². The molecule has 2 aliphatic rings. The number of amides is 1. The van der Waals surface area contributed by atoms with Crippen molar-refractivity contribution in [2.24, 2.45) is 23.5 Å². The molecular formula is C14H26N2O2. The molecule has 1 atom stereocenters. The fraction of sp³-hybridized carbons (Fsp3) is 0.929. The van der Waals surface area contributed by atoms with Gasteiger partial charge in [-0.1, -0.05) is 13.8 Å². The number of β-amino-alcohol motifs (C(OH)–C–C–N with tert-alkyl or cyclic N) is 1. The number of nitrogens with two attached hydrogens (primary N) is 1. The lowest BCUT2D eigenvalue weighted by Gasteiger charge is -2.47. The van der Waals surface area contributed by atoms with Gasteiger partial charge in [-0.3, -0.25) is 4.79 Å². The number of hydrogen-bond donors (Lipinski definition) is 2. The maximum Gasteiger partial charge on any atom is 0.223 e. The lowest BCUT2D eigenvalue weighted by atomic mass is 9.87. The van der Waals surface area contributed by atoms with Crippen molar-refractivity contribution < 1.29 is 9.90 Å². The minimum Gasteiger partial charge on any atom is -0.386 e. The van der Waals surface area contributed by atoms with E-state index in [1.54, 1.807) is 4.90 Å². The number of likely N-dealkylation sites (tertiary alicyclic amines) is 1. The Labute approximate surface area is 110 Å². The van der Waals surface area contributed by atoms with Crippen LogP contribution < -0.4 is 5.73 Å². The summed E-state index contributed by atoms with van der Waals surface area (Å²) in [6.07, 6.45) is 3.78. The van der Waals surface area contributed by atoms with Gasteiger partial charge >= 0.3 is 0 Å². The molecule has 2 rings (SSSR count). The van der Waals surface area contributed by atoms with E-state index in [1.807, 2.05) is 0 Å². The first kappa shape index (κ1) is 13.8. The van der Waals surface area contributed by atoms with Gasteiger partial charge in [-0.05, 0) is 43.6 Å². The molecule has 18 heavy (non-hydrogen) atoms. The third kappa shape index (κ3) is 3.04. The third-order valence-electron chi connectivity index (χ3n) is 4.22. The van der Waals surface area contributed by atoms with Gasteiger partial charge < -0.3 is 15.7 Å². The quantitative estimate of drug-likeness (QED) is 0.742. The summed E-state index contributed by atoms with van der Waals surface area (Å²) in [5.74, 6) is 1.47. The van der Waals surface area contributed by atoms with Crippen LogP contribution in [0.2, 0.25) is 0 Å². The van der Waals surface area contributed by atoms with Gasteiger partial charge in [0, 0.05) is 6.42 Å². The molecule has 1 saturated heterocycles. The van der Waals surface area contributed by atoms with Crippen LogP contribution in [0.15, 0.2) is 0 Å². The van der Waals surface area contributed by atoms with E-state index in [4.69, 9.17) is 5.73 Å². The summed E-state index contributed by atoms with van der Waals surface area (Å²) in [5, 5.41) is 10.2. The van der Waals surface area contributed by atoms with Crippen molar-refractivity contribution >= 4 is 5.91 Å². The minimum atomic E-state index is -0.564. The third-order valence-corrected chi connectivity index (χ3v) is 4.22. The molecule has 0 radical (unpaired) electrons. The maximum atomic E-state index is 12.1. The maximum absolute atomic E-state index is 12.1. The lowest BCUT2D eigenvalue weighted by Crippen LogP contribution is -2.64. The fourth-order valence-electron chi connectivity index (χ4n) is 2.98. The molecule has 1 heterocycles. The fourth-order valence-corrected chi connectivity index (χ4v) is 2.98. The predicted octanol–water partition coefficient (Wildman–Crippen LogP) is 0.981. The van der Waals surface area contributed by atoms with Crippen LogP contribution in [-0.2, 0) is 4.79 Å². The molecule has 0 aromatic carbocycles. The zero-order valence-corrected chi connectivity index (χ0v) is 11.6. The van der Waals surface area contributed by atoms with Crippen molar-refractivity contribution in [1.82, 2.24) is 4.90 Å². The number of carbonyl (C=O) groups excluding carboxylic acids is 1. The Balaban J connectivity index is 1.75. The molecule has 104 valence electrons. The number of rotatable bonds is 6. The number of aliphatic hydroxyl groups is 1. The van der Waals surface area contributed by atoms with Crippen LogP contribution >= 0.6 is 0 Å². The second-order valence-corrected chi connectivity index (χ2v) is 6.56. The number of hydrogen-bond acceptors (Lipinski definition) is 3. The average molecular weight is 254 g/mol. The Kier molecular flexibility index (Phi) is 3.97. The van der Waals surface area contributed by atoms with E-state index in [9.17, 15) is 9.90 Å². The molecule has 1 aliphatic heterocycles. The van der Waals surface area contributed by atoms with Gasteiger partial charge in [0.1, 0.15) is 5.60 Å². The molecular weight excluding hydrogens is 228 g/mol. The van der Waals surface area contributed by atoms with Crippen LogP contribution in [-0.4, -0.2) is 41.1 Å². The molecule has 0 spiro atoms. The van der Waals surface area contributed by atoms with Gasteiger partial charge in [-0.15, -0.1) is 0 Å². The molecule has 3 N–H and O–H groups in total. The standard InChI is InChI=1S/C14H26N2O2/c1-10(2)5-11(7-15)6-13(17)16-8-14(18,9-16)12-3-4-12/h10-12,18H,3-9,15H2,1-2H3. The molecule has 0 bridgehead atoms. The van der Waals surface area contributed by atoms with Crippen LogP contribution in [0.4, 0.5) is 0 Å². The van der Waals surface area contributed by atoms with Crippen LogP contribution in [0.1, 0.15) is 39.5 Å². The van der Waals surface area contributed by atoms with Crippen molar-refractivity contribution in [3.8, 4) is 0 Å². The van der Waals surface area contributed by atoms with Gasteiger partial charge in [0.15, 0.2) is 0 Å². The Hall–Kier alpha value is -0.610. The molecule has 4 nitrogen and oxygen atoms in total. The largest absolute Gasteiger partial charge is 0.386 e. The second kappa shape index (κ2) is 5.17. The van der Waals surface area contributed by atoms with E-state index in [1.165, 1.54) is 0 Å². The first-order chi connectivity index (χ1) is 8.44. The van der Waals surface area contributed by atoms with Gasteiger partial charge in [0.2, 0.25) is 5.91 Å². The molecule has 1 aliphatic carbocycles. The summed E-state index contributed by atoms with van der Waals surface area (Å²) >= 11 is 0. The molecule has 1 unspecified atom stereocenters. The molecule has 1 amide bonds. The molecule has 2 fully saturated rings. The summed E-state index contributed by atoms with van der Waals surface area (Å²) < 4.78 is 0. The number of nitrogens with zero attached hydrogens (tertiary/aromatic N) is 1. The van der Waals surface area contributed by atoms with E-state index in [0.29, 0.717) is 37.9 Å². The lowest BCUT2D eigenvalue weighted by molar-refractivity contribution is -0.160. The Morgan fingerprint density at radius 1 is 1.44 bits per heavy atom. The summed E-state index contributed by atoms with van der Waals surface area (Å²) in [4.78, 5) is 13.9. The van der Waals surface area contributed by atoms with Crippen molar-refractivity contribution in [1.29, 1.82) is 0 Å². The van der Waals surface area contributed by atoms with Crippen molar-refractivity contribution in [2.45, 2.75) is 45.1 Å². The van der Waals surface area contributed by atoms with Gasteiger partial charge in [0.05, 0.1) is 13.1 Å². The molecule has 4 heteroatoms. The van der Waals surface area contributed by atoms with Crippen LogP contribution in [0.25, 0.3) is 0 Å². The smallest absolute Gasteiger partial charge is 0.223 e. The van der Waals surface area contributed by atoms with Crippen molar-refractivity contribution in [3.05, 3.63) is 0 Å². The highest BCUT2D eigenvalue weighted by atomic mass is 16.3. The molecule has 0 aromatic rings. The zero-order chi connectivity index (χ0) is 13.3. The monoisotopic (exact) mass is 254 g/mol. The molecule has 0 aromatic heterocycles. The normalized spacial score (nSPS) is 23.9. The van der Waals surface area contributed by atoms with Crippen LogP contribution in [0.3, 0.4) is 0 Å². The average Bonchev–Trinajstić information content (AvgIpc) is 3.06. The van der Waals surface area contributed by atoms with E-state index in [-0.39, 0.29) is 11.8 Å². The highest BCUT2D eigenvalue weighted by molar-refractivity contribution is 5.77. The summed E-state index contributed by atoms with van der Waals surface area (Å²) in [6.45, 7) is 5.96. The van der Waals surface area contributed by atoms with E-state index in [2.05, 4.69) is 13.8 Å². The SMILES string of the molecule is CC(C)CC(CN)CC(=O)N1CC(O)(C2CC2)C1. The molecule has 1 saturated carbocycles. The van der Waals surface area contributed by atoms with E-state index < -0.39 is 5.60 Å². The van der Waals surface area contributed by atoms with E-state index >= 15 is 0 Å². The van der Waals surface area contributed by atoms with Crippen molar-refractivity contribution in [2.75, 3.05) is 19.6 Å². The summed E-state index contributed by atoms with van der Waals surface area (Å²) in [6, 6.07) is 0.